The van der Waals surface area contributed by atoms with E-state index in [0.717, 1.165) is 11.1 Å². The van der Waals surface area contributed by atoms with Crippen molar-refractivity contribution in [2.75, 3.05) is 24.2 Å². The zero-order chi connectivity index (χ0) is 21.3. The summed E-state index contributed by atoms with van der Waals surface area (Å²) in [6.07, 6.45) is 2.76. The second kappa shape index (κ2) is 10.0. The number of aromatic nitrogens is 2. The Kier molecular flexibility index (Phi) is 6.94. The number of rotatable bonds is 7. The van der Waals surface area contributed by atoms with E-state index in [1.165, 1.54) is 0 Å². The van der Waals surface area contributed by atoms with Crippen LogP contribution in [0.3, 0.4) is 0 Å². The van der Waals surface area contributed by atoms with E-state index in [-0.39, 0.29) is 12.5 Å². The van der Waals surface area contributed by atoms with Crippen molar-refractivity contribution in [2.45, 2.75) is 13.5 Å². The SMILES string of the molecule is CCNc1nc(-c2ccc(NC(=O)OCc3cccnc3)cc2)ccc1C(=O)NC. The number of carbonyl (C=O) groups excluding carboxylic acids is 2. The van der Waals surface area contributed by atoms with Crippen molar-refractivity contribution in [1.29, 1.82) is 0 Å². The van der Waals surface area contributed by atoms with Crippen LogP contribution in [0.5, 0.6) is 0 Å². The van der Waals surface area contributed by atoms with Crippen LogP contribution >= 0.6 is 0 Å². The van der Waals surface area contributed by atoms with E-state index in [9.17, 15) is 9.59 Å². The third-order valence-corrected chi connectivity index (χ3v) is 4.23. The van der Waals surface area contributed by atoms with E-state index < -0.39 is 6.09 Å². The molecule has 1 aromatic carbocycles. The fraction of sp³-hybridized carbons (Fsp3) is 0.182. The minimum absolute atomic E-state index is 0.145. The predicted molar refractivity (Wildman–Crippen MR) is 115 cm³/mol. The van der Waals surface area contributed by atoms with Crippen LogP contribution in [0.4, 0.5) is 16.3 Å². The van der Waals surface area contributed by atoms with E-state index >= 15 is 0 Å². The Labute approximate surface area is 174 Å². The summed E-state index contributed by atoms with van der Waals surface area (Å²) in [5.74, 6) is 0.324. The number of pyridine rings is 2. The maximum atomic E-state index is 12.0. The number of carbonyl (C=O) groups is 2. The van der Waals surface area contributed by atoms with Gasteiger partial charge in [0.15, 0.2) is 0 Å². The summed E-state index contributed by atoms with van der Waals surface area (Å²) in [7, 11) is 1.58. The van der Waals surface area contributed by atoms with Gasteiger partial charge in [0, 0.05) is 42.8 Å². The molecule has 2 heterocycles. The number of nitrogens with one attached hydrogen (secondary N) is 3. The highest BCUT2D eigenvalue weighted by atomic mass is 16.5. The molecule has 8 heteroatoms. The zero-order valence-electron chi connectivity index (χ0n) is 16.8. The molecule has 3 N–H and O–H groups in total. The molecule has 0 aliphatic carbocycles. The maximum Gasteiger partial charge on any atom is 0.411 e. The average molecular weight is 405 g/mol. The molecule has 0 saturated carbocycles. The first-order valence-electron chi connectivity index (χ1n) is 9.50. The second-order valence-corrected chi connectivity index (χ2v) is 6.34. The van der Waals surface area contributed by atoms with Gasteiger partial charge in [-0.25, -0.2) is 9.78 Å². The van der Waals surface area contributed by atoms with E-state index in [2.05, 4.69) is 25.9 Å². The van der Waals surface area contributed by atoms with Gasteiger partial charge in [0.2, 0.25) is 0 Å². The lowest BCUT2D eigenvalue weighted by Crippen LogP contribution is -2.20. The minimum Gasteiger partial charge on any atom is -0.444 e. The Morgan fingerprint density at radius 3 is 2.53 bits per heavy atom. The quantitative estimate of drug-likeness (QED) is 0.554. The third-order valence-electron chi connectivity index (χ3n) is 4.23. The lowest BCUT2D eigenvalue weighted by atomic mass is 10.1. The first kappa shape index (κ1) is 20.8. The van der Waals surface area contributed by atoms with Crippen LogP contribution in [-0.4, -0.2) is 35.6 Å². The number of benzene rings is 1. The molecule has 0 fully saturated rings. The summed E-state index contributed by atoms with van der Waals surface area (Å²) in [5.41, 5.74) is 3.46. The summed E-state index contributed by atoms with van der Waals surface area (Å²) in [5, 5.41) is 8.41. The number of amides is 2. The second-order valence-electron chi connectivity index (χ2n) is 6.34. The molecule has 3 rings (SSSR count). The number of hydrogen-bond acceptors (Lipinski definition) is 6. The van der Waals surface area contributed by atoms with Crippen LogP contribution in [0.1, 0.15) is 22.8 Å². The van der Waals surface area contributed by atoms with Crippen molar-refractivity contribution < 1.29 is 14.3 Å². The minimum atomic E-state index is -0.547. The topological polar surface area (TPSA) is 105 Å². The molecule has 0 aliphatic rings. The summed E-state index contributed by atoms with van der Waals surface area (Å²) >= 11 is 0. The summed E-state index contributed by atoms with van der Waals surface area (Å²) in [6, 6.07) is 14.4. The fourth-order valence-electron chi connectivity index (χ4n) is 2.75. The van der Waals surface area contributed by atoms with Crippen molar-refractivity contribution in [3.8, 4) is 11.3 Å². The fourth-order valence-corrected chi connectivity index (χ4v) is 2.75. The Bertz CT molecular complexity index is 1010. The number of nitrogens with zero attached hydrogens (tertiary/aromatic N) is 2. The molecule has 2 aromatic heterocycles. The smallest absolute Gasteiger partial charge is 0.411 e. The molecular weight excluding hydrogens is 382 g/mol. The summed E-state index contributed by atoms with van der Waals surface area (Å²) in [4.78, 5) is 32.5. The average Bonchev–Trinajstić information content (AvgIpc) is 2.78. The lowest BCUT2D eigenvalue weighted by molar-refractivity contribution is 0.0963. The van der Waals surface area contributed by atoms with Crippen molar-refractivity contribution in [1.82, 2.24) is 15.3 Å². The van der Waals surface area contributed by atoms with Crippen molar-refractivity contribution in [3.63, 3.8) is 0 Å². The normalized spacial score (nSPS) is 10.2. The van der Waals surface area contributed by atoms with Gasteiger partial charge in [-0.05, 0) is 37.3 Å². The van der Waals surface area contributed by atoms with Crippen LogP contribution in [-0.2, 0) is 11.3 Å². The van der Waals surface area contributed by atoms with Gasteiger partial charge in [-0.15, -0.1) is 0 Å². The van der Waals surface area contributed by atoms with Gasteiger partial charge >= 0.3 is 6.09 Å². The Morgan fingerprint density at radius 2 is 1.87 bits per heavy atom. The van der Waals surface area contributed by atoms with Crippen LogP contribution in [0, 0.1) is 0 Å². The molecule has 0 radical (unpaired) electrons. The first-order chi connectivity index (χ1) is 14.6. The predicted octanol–water partition coefficient (Wildman–Crippen LogP) is 3.68. The Balaban J connectivity index is 1.67. The van der Waals surface area contributed by atoms with E-state index in [4.69, 9.17) is 4.74 Å². The Morgan fingerprint density at radius 1 is 1.07 bits per heavy atom. The monoisotopic (exact) mass is 405 g/mol. The molecule has 0 saturated heterocycles. The van der Waals surface area contributed by atoms with Gasteiger partial charge in [0.1, 0.15) is 12.4 Å². The van der Waals surface area contributed by atoms with Gasteiger partial charge in [0.05, 0.1) is 11.3 Å². The van der Waals surface area contributed by atoms with Crippen molar-refractivity contribution in [2.24, 2.45) is 0 Å². The van der Waals surface area contributed by atoms with Crippen LogP contribution in [0.25, 0.3) is 11.3 Å². The zero-order valence-corrected chi connectivity index (χ0v) is 16.8. The largest absolute Gasteiger partial charge is 0.444 e. The highest BCUT2D eigenvalue weighted by Gasteiger charge is 2.13. The molecular formula is C22H23N5O3. The summed E-state index contributed by atoms with van der Waals surface area (Å²) in [6.45, 7) is 2.73. The number of hydrogen-bond donors (Lipinski definition) is 3. The molecule has 30 heavy (non-hydrogen) atoms. The molecule has 3 aromatic rings. The highest BCUT2D eigenvalue weighted by molar-refractivity contribution is 5.99. The van der Waals surface area contributed by atoms with Gasteiger partial charge in [-0.1, -0.05) is 18.2 Å². The molecule has 0 atom stereocenters. The molecule has 154 valence electrons. The van der Waals surface area contributed by atoms with Gasteiger partial charge in [0.25, 0.3) is 5.91 Å². The van der Waals surface area contributed by atoms with E-state index in [1.54, 1.807) is 49.8 Å². The number of anilines is 2. The third kappa shape index (κ3) is 5.32. The van der Waals surface area contributed by atoms with Crippen molar-refractivity contribution in [3.05, 3.63) is 72.1 Å². The highest BCUT2D eigenvalue weighted by Crippen LogP contribution is 2.23. The summed E-state index contributed by atoms with van der Waals surface area (Å²) < 4.78 is 5.19. The number of ether oxygens (including phenoxy) is 1. The standard InChI is InChI=1S/C22H23N5O3/c1-3-25-20-18(21(28)23-2)10-11-19(27-20)16-6-8-17(9-7-16)26-22(29)30-14-15-5-4-12-24-13-15/h4-13H,3,14H2,1-2H3,(H,23,28)(H,25,27)(H,26,29). The first-order valence-corrected chi connectivity index (χ1v) is 9.50. The van der Waals surface area contributed by atoms with Gasteiger partial charge in [-0.3, -0.25) is 15.1 Å². The van der Waals surface area contributed by atoms with Crippen LogP contribution in [0.2, 0.25) is 0 Å². The van der Waals surface area contributed by atoms with E-state index in [0.29, 0.717) is 29.3 Å². The van der Waals surface area contributed by atoms with Crippen molar-refractivity contribution >= 4 is 23.5 Å². The van der Waals surface area contributed by atoms with Crippen LogP contribution in [0.15, 0.2) is 60.9 Å². The maximum absolute atomic E-state index is 12.0. The molecule has 0 unspecified atom stereocenters. The molecule has 0 aliphatic heterocycles. The molecule has 0 bridgehead atoms. The van der Waals surface area contributed by atoms with Crippen LogP contribution < -0.4 is 16.0 Å². The van der Waals surface area contributed by atoms with Gasteiger partial charge in [-0.2, -0.15) is 0 Å². The lowest BCUT2D eigenvalue weighted by Gasteiger charge is -2.11. The van der Waals surface area contributed by atoms with Gasteiger partial charge < -0.3 is 15.4 Å². The molecule has 8 nitrogen and oxygen atoms in total. The molecule has 0 spiro atoms. The Hall–Kier alpha value is -3.94. The molecule has 2 amide bonds. The van der Waals surface area contributed by atoms with E-state index in [1.807, 2.05) is 25.1 Å².